The van der Waals surface area contributed by atoms with Gasteiger partial charge in [0.15, 0.2) is 6.10 Å². The maximum absolute atomic E-state index is 12.8. The Labute approximate surface area is 174 Å². The van der Waals surface area contributed by atoms with E-state index < -0.39 is 12.1 Å². The molecule has 0 saturated heterocycles. The van der Waals surface area contributed by atoms with E-state index in [0.29, 0.717) is 10.6 Å². The van der Waals surface area contributed by atoms with Crippen molar-refractivity contribution in [3.8, 4) is 0 Å². The summed E-state index contributed by atoms with van der Waals surface area (Å²) >= 11 is 1.35. The van der Waals surface area contributed by atoms with Crippen molar-refractivity contribution in [3.05, 3.63) is 95.7 Å². The van der Waals surface area contributed by atoms with Gasteiger partial charge in [-0.25, -0.2) is 9.78 Å². The zero-order chi connectivity index (χ0) is 20.6. The number of benzene rings is 2. The highest BCUT2D eigenvalue weighted by Gasteiger charge is 2.24. The second-order valence-corrected chi connectivity index (χ2v) is 7.17. The Hall–Kier alpha value is -3.12. The minimum Gasteiger partial charge on any atom is -0.449 e. The lowest BCUT2D eigenvalue weighted by Crippen LogP contribution is -2.38. The monoisotopic (exact) mass is 406 g/mol. The molecule has 29 heavy (non-hydrogen) atoms. The van der Waals surface area contributed by atoms with Gasteiger partial charge in [-0.3, -0.25) is 4.79 Å². The second kappa shape index (κ2) is 9.89. The maximum Gasteiger partial charge on any atom is 0.341 e. The topological polar surface area (TPSA) is 68.3 Å². The second-order valence-electron chi connectivity index (χ2n) is 6.37. The van der Waals surface area contributed by atoms with Crippen LogP contribution >= 0.6 is 11.8 Å². The summed E-state index contributed by atoms with van der Waals surface area (Å²) in [6.45, 7) is 1.56. The standard InChI is InChI=1S/C23H22N2O3S/c1-16(28-23(27)19-14-9-15-24-22(19)29-2)21(26)25-20(17-10-5-3-6-11-17)18-12-7-4-8-13-18/h3-16,20H,1-2H3,(H,25,26)/t16-/m0/s1. The normalized spacial score (nSPS) is 11.7. The molecule has 1 N–H and O–H groups in total. The zero-order valence-corrected chi connectivity index (χ0v) is 17.1. The van der Waals surface area contributed by atoms with Crippen molar-refractivity contribution >= 4 is 23.6 Å². The fourth-order valence-corrected chi connectivity index (χ4v) is 3.43. The van der Waals surface area contributed by atoms with Gasteiger partial charge in [-0.1, -0.05) is 60.7 Å². The van der Waals surface area contributed by atoms with E-state index in [2.05, 4.69) is 10.3 Å². The first-order valence-electron chi connectivity index (χ1n) is 9.20. The molecule has 3 rings (SSSR count). The van der Waals surface area contributed by atoms with E-state index in [1.165, 1.54) is 11.8 Å². The molecule has 0 radical (unpaired) electrons. The summed E-state index contributed by atoms with van der Waals surface area (Å²) in [6.07, 6.45) is 2.50. The van der Waals surface area contributed by atoms with Crippen molar-refractivity contribution < 1.29 is 14.3 Å². The lowest BCUT2D eigenvalue weighted by Gasteiger charge is -2.22. The molecular formula is C23H22N2O3S. The van der Waals surface area contributed by atoms with Crippen LogP contribution in [0.1, 0.15) is 34.5 Å². The first-order valence-corrected chi connectivity index (χ1v) is 10.4. The third-order valence-corrected chi connectivity index (χ3v) is 5.10. The molecule has 6 heteroatoms. The number of pyridine rings is 1. The van der Waals surface area contributed by atoms with Crippen molar-refractivity contribution in [1.29, 1.82) is 0 Å². The zero-order valence-electron chi connectivity index (χ0n) is 16.2. The molecule has 148 valence electrons. The summed E-state index contributed by atoms with van der Waals surface area (Å²) < 4.78 is 5.41. The predicted molar refractivity (Wildman–Crippen MR) is 114 cm³/mol. The highest BCUT2D eigenvalue weighted by molar-refractivity contribution is 7.98. The molecule has 0 aliphatic carbocycles. The minimum absolute atomic E-state index is 0.341. The molecule has 0 saturated carbocycles. The Morgan fingerprint density at radius 1 is 0.931 bits per heavy atom. The van der Waals surface area contributed by atoms with Gasteiger partial charge in [0.1, 0.15) is 5.03 Å². The van der Waals surface area contributed by atoms with Crippen LogP contribution in [0.3, 0.4) is 0 Å². The summed E-state index contributed by atoms with van der Waals surface area (Å²) in [4.78, 5) is 29.5. The molecule has 1 amide bonds. The van der Waals surface area contributed by atoms with Gasteiger partial charge >= 0.3 is 5.97 Å². The van der Waals surface area contributed by atoms with Crippen molar-refractivity contribution in [2.75, 3.05) is 6.26 Å². The number of hydrogen-bond donors (Lipinski definition) is 1. The smallest absolute Gasteiger partial charge is 0.341 e. The first kappa shape index (κ1) is 20.6. The Morgan fingerprint density at radius 3 is 2.07 bits per heavy atom. The molecule has 0 spiro atoms. The highest BCUT2D eigenvalue weighted by Crippen LogP contribution is 2.22. The van der Waals surface area contributed by atoms with E-state index in [4.69, 9.17) is 4.74 Å². The summed E-state index contributed by atoms with van der Waals surface area (Å²) in [7, 11) is 0. The van der Waals surface area contributed by atoms with Crippen molar-refractivity contribution in [3.63, 3.8) is 0 Å². The van der Waals surface area contributed by atoms with Gasteiger partial charge in [0, 0.05) is 6.20 Å². The van der Waals surface area contributed by atoms with Crippen LogP contribution < -0.4 is 5.32 Å². The molecule has 0 bridgehead atoms. The summed E-state index contributed by atoms with van der Waals surface area (Å²) in [5.41, 5.74) is 2.24. The number of hydrogen-bond acceptors (Lipinski definition) is 5. The number of aromatic nitrogens is 1. The van der Waals surface area contributed by atoms with Crippen LogP contribution in [-0.2, 0) is 9.53 Å². The molecule has 0 aliphatic rings. The van der Waals surface area contributed by atoms with Crippen LogP contribution in [0, 0.1) is 0 Å². The lowest BCUT2D eigenvalue weighted by atomic mass is 9.98. The first-order chi connectivity index (χ1) is 14.1. The number of amides is 1. The molecule has 3 aromatic rings. The third kappa shape index (κ3) is 5.23. The number of nitrogens with zero attached hydrogens (tertiary/aromatic N) is 1. The average Bonchev–Trinajstić information content (AvgIpc) is 2.78. The summed E-state index contributed by atoms with van der Waals surface area (Å²) in [5.74, 6) is -0.938. The molecule has 1 heterocycles. The van der Waals surface area contributed by atoms with E-state index in [-0.39, 0.29) is 11.9 Å². The van der Waals surface area contributed by atoms with Crippen LogP contribution in [0.2, 0.25) is 0 Å². The van der Waals surface area contributed by atoms with Crippen LogP contribution in [0.4, 0.5) is 0 Å². The van der Waals surface area contributed by atoms with Crippen molar-refractivity contribution in [1.82, 2.24) is 10.3 Å². The van der Waals surface area contributed by atoms with Gasteiger partial charge in [0.25, 0.3) is 5.91 Å². The van der Waals surface area contributed by atoms with Gasteiger partial charge in [-0.15, -0.1) is 11.8 Å². The molecule has 0 aliphatic heterocycles. The third-order valence-electron chi connectivity index (χ3n) is 4.39. The van der Waals surface area contributed by atoms with E-state index in [0.717, 1.165) is 11.1 Å². The quantitative estimate of drug-likeness (QED) is 0.469. The number of rotatable bonds is 7. The number of carbonyl (C=O) groups excluding carboxylic acids is 2. The minimum atomic E-state index is -0.952. The van der Waals surface area contributed by atoms with Crippen LogP contribution in [0.5, 0.6) is 0 Å². The number of ether oxygens (including phenoxy) is 1. The summed E-state index contributed by atoms with van der Waals surface area (Å²) in [5, 5.41) is 3.56. The predicted octanol–water partition coefficient (Wildman–Crippen LogP) is 4.25. The number of thioether (sulfide) groups is 1. The lowest BCUT2D eigenvalue weighted by molar-refractivity contribution is -0.129. The molecule has 1 aromatic heterocycles. The number of esters is 1. The van der Waals surface area contributed by atoms with Gasteiger partial charge in [0.2, 0.25) is 0 Å². The fourth-order valence-electron chi connectivity index (χ4n) is 2.90. The van der Waals surface area contributed by atoms with E-state index in [1.54, 1.807) is 25.3 Å². The maximum atomic E-state index is 12.8. The van der Waals surface area contributed by atoms with E-state index >= 15 is 0 Å². The molecular weight excluding hydrogens is 384 g/mol. The van der Waals surface area contributed by atoms with Gasteiger partial charge in [-0.2, -0.15) is 0 Å². The number of carbonyl (C=O) groups is 2. The Bertz CT molecular complexity index is 925. The molecule has 5 nitrogen and oxygen atoms in total. The van der Waals surface area contributed by atoms with Crippen molar-refractivity contribution in [2.45, 2.75) is 24.1 Å². The Morgan fingerprint density at radius 2 is 1.52 bits per heavy atom. The average molecular weight is 407 g/mol. The number of nitrogens with one attached hydrogen (secondary N) is 1. The van der Waals surface area contributed by atoms with E-state index in [1.807, 2.05) is 66.9 Å². The van der Waals surface area contributed by atoms with Gasteiger partial charge in [0.05, 0.1) is 11.6 Å². The van der Waals surface area contributed by atoms with Gasteiger partial charge in [-0.05, 0) is 36.4 Å². The largest absolute Gasteiger partial charge is 0.449 e. The summed E-state index contributed by atoms with van der Waals surface area (Å²) in [6, 6.07) is 22.3. The molecule has 0 unspecified atom stereocenters. The molecule has 2 aromatic carbocycles. The Balaban J connectivity index is 1.75. The van der Waals surface area contributed by atoms with Crippen molar-refractivity contribution in [2.24, 2.45) is 0 Å². The van der Waals surface area contributed by atoms with Crippen LogP contribution in [0.15, 0.2) is 84.0 Å². The van der Waals surface area contributed by atoms with Crippen LogP contribution in [-0.4, -0.2) is 29.2 Å². The van der Waals surface area contributed by atoms with E-state index in [9.17, 15) is 9.59 Å². The highest BCUT2D eigenvalue weighted by atomic mass is 32.2. The van der Waals surface area contributed by atoms with Crippen LogP contribution in [0.25, 0.3) is 0 Å². The Kier molecular flexibility index (Phi) is 7.03. The fraction of sp³-hybridized carbons (Fsp3) is 0.174. The SMILES string of the molecule is CSc1ncccc1C(=O)O[C@@H](C)C(=O)NC(c1ccccc1)c1ccccc1. The molecule has 1 atom stereocenters. The van der Waals surface area contributed by atoms with Gasteiger partial charge < -0.3 is 10.1 Å². The molecule has 0 fully saturated rings.